The Bertz CT molecular complexity index is 1270. The second-order valence-corrected chi connectivity index (χ2v) is 9.87. The highest BCUT2D eigenvalue weighted by atomic mass is 15.2. The van der Waals surface area contributed by atoms with Gasteiger partial charge in [-0.05, 0) is 105 Å². The lowest BCUT2D eigenvalue weighted by molar-refractivity contribution is 0.307. The van der Waals surface area contributed by atoms with E-state index < -0.39 is 0 Å². The molecule has 0 amide bonds. The van der Waals surface area contributed by atoms with E-state index in [4.69, 9.17) is 4.98 Å². The van der Waals surface area contributed by atoms with Crippen molar-refractivity contribution in [3.8, 4) is 11.1 Å². The van der Waals surface area contributed by atoms with Gasteiger partial charge in [0, 0.05) is 6.04 Å². The monoisotopic (exact) mass is 424 g/mol. The zero-order valence-corrected chi connectivity index (χ0v) is 19.1. The number of H-pyrrole nitrogens is 1. The van der Waals surface area contributed by atoms with Crippen LogP contribution in [0.25, 0.3) is 32.9 Å². The molecule has 32 heavy (non-hydrogen) atoms. The molecular weight excluding hydrogens is 392 g/mol. The van der Waals surface area contributed by atoms with Crippen LogP contribution in [0, 0.1) is 0 Å². The minimum Gasteiger partial charge on any atom is -0.341 e. The van der Waals surface area contributed by atoms with E-state index in [2.05, 4.69) is 83.5 Å². The van der Waals surface area contributed by atoms with E-state index in [1.807, 2.05) is 0 Å². The molecule has 2 fully saturated rings. The number of hydrogen-bond acceptors (Lipinski definition) is 3. The molecule has 1 N–H and O–H groups in total. The van der Waals surface area contributed by atoms with Crippen molar-refractivity contribution in [2.75, 3.05) is 27.2 Å². The van der Waals surface area contributed by atoms with Crippen LogP contribution in [0.5, 0.6) is 0 Å². The first kappa shape index (κ1) is 20.0. The van der Waals surface area contributed by atoms with Gasteiger partial charge >= 0.3 is 0 Å². The zero-order chi connectivity index (χ0) is 21.7. The highest BCUT2D eigenvalue weighted by Gasteiger charge is 2.25. The molecule has 0 aliphatic carbocycles. The Labute approximate surface area is 190 Å². The number of nitrogens with zero attached hydrogens (tertiary/aromatic N) is 3. The fourth-order valence-corrected chi connectivity index (χ4v) is 5.73. The summed E-state index contributed by atoms with van der Waals surface area (Å²) in [5.74, 6) is 1.11. The molecular formula is C28H32N4. The van der Waals surface area contributed by atoms with Gasteiger partial charge in [0.05, 0.1) is 17.1 Å². The number of hydrogen-bond donors (Lipinski definition) is 1. The molecule has 0 radical (unpaired) electrons. The number of nitrogens with one attached hydrogen (secondary N) is 1. The highest BCUT2D eigenvalue weighted by Crippen LogP contribution is 2.32. The summed E-state index contributed by atoms with van der Waals surface area (Å²) in [6.07, 6.45) is 6.25. The van der Waals surface area contributed by atoms with E-state index in [1.54, 1.807) is 0 Å². The maximum absolute atomic E-state index is 4.89. The molecule has 2 aliphatic rings. The molecule has 0 bridgehead atoms. The Morgan fingerprint density at radius 3 is 2.41 bits per heavy atom. The zero-order valence-electron chi connectivity index (χ0n) is 19.1. The minimum absolute atomic E-state index is 0.421. The summed E-state index contributed by atoms with van der Waals surface area (Å²) >= 11 is 0. The standard InChI is InChI=1S/C28H32N4/c1-31-13-3-5-24(31)16-19-7-8-21-17-22(10-9-20(21)15-19)23-11-12-25-26(18-23)30-28(29-25)27-6-4-14-32(27)2/h7-12,15,17-18,24,27H,3-6,13-14,16H2,1-2H3,(H,29,30). The molecule has 4 aromatic rings. The van der Waals surface area contributed by atoms with Gasteiger partial charge in [0.1, 0.15) is 5.82 Å². The molecule has 3 aromatic carbocycles. The van der Waals surface area contributed by atoms with Crippen molar-refractivity contribution >= 4 is 21.8 Å². The van der Waals surface area contributed by atoms with Crippen LogP contribution in [-0.2, 0) is 6.42 Å². The van der Waals surface area contributed by atoms with Crippen molar-refractivity contribution in [1.29, 1.82) is 0 Å². The lowest BCUT2D eigenvalue weighted by Crippen LogP contribution is -2.26. The first-order chi connectivity index (χ1) is 15.6. The molecule has 4 heteroatoms. The third kappa shape index (κ3) is 3.62. The van der Waals surface area contributed by atoms with Crippen LogP contribution in [0.3, 0.4) is 0 Å². The van der Waals surface area contributed by atoms with Crippen molar-refractivity contribution in [1.82, 2.24) is 19.8 Å². The molecule has 6 rings (SSSR count). The van der Waals surface area contributed by atoms with Crippen molar-refractivity contribution in [2.45, 2.75) is 44.2 Å². The van der Waals surface area contributed by atoms with E-state index in [0.717, 1.165) is 29.8 Å². The lowest BCUT2D eigenvalue weighted by Gasteiger charge is -2.19. The van der Waals surface area contributed by atoms with Crippen molar-refractivity contribution < 1.29 is 0 Å². The predicted molar refractivity (Wildman–Crippen MR) is 133 cm³/mol. The fraction of sp³-hybridized carbons (Fsp3) is 0.393. The van der Waals surface area contributed by atoms with Gasteiger partial charge < -0.3 is 9.88 Å². The number of rotatable bonds is 4. The van der Waals surface area contributed by atoms with Gasteiger partial charge in [-0.2, -0.15) is 0 Å². The molecule has 0 saturated carbocycles. The summed E-state index contributed by atoms with van der Waals surface area (Å²) in [6.45, 7) is 2.39. The van der Waals surface area contributed by atoms with Gasteiger partial charge in [0.15, 0.2) is 0 Å². The van der Waals surface area contributed by atoms with E-state index in [0.29, 0.717) is 12.1 Å². The summed E-state index contributed by atoms with van der Waals surface area (Å²) < 4.78 is 0. The molecule has 2 unspecified atom stereocenters. The lowest BCUT2D eigenvalue weighted by atomic mass is 9.97. The van der Waals surface area contributed by atoms with Gasteiger partial charge in [0.25, 0.3) is 0 Å². The molecule has 2 atom stereocenters. The minimum atomic E-state index is 0.421. The summed E-state index contributed by atoms with van der Waals surface area (Å²) in [7, 11) is 4.46. The van der Waals surface area contributed by atoms with Gasteiger partial charge in [-0.3, -0.25) is 4.90 Å². The number of benzene rings is 3. The summed E-state index contributed by atoms with van der Waals surface area (Å²) in [6, 6.07) is 21.6. The highest BCUT2D eigenvalue weighted by molar-refractivity contribution is 5.89. The van der Waals surface area contributed by atoms with E-state index in [9.17, 15) is 0 Å². The summed E-state index contributed by atoms with van der Waals surface area (Å²) in [4.78, 5) is 13.4. The Morgan fingerprint density at radius 1 is 0.844 bits per heavy atom. The molecule has 2 aliphatic heterocycles. The summed E-state index contributed by atoms with van der Waals surface area (Å²) in [5.41, 5.74) is 6.15. The average molecular weight is 425 g/mol. The van der Waals surface area contributed by atoms with Gasteiger partial charge in [-0.15, -0.1) is 0 Å². The largest absolute Gasteiger partial charge is 0.341 e. The van der Waals surface area contributed by atoms with Gasteiger partial charge in [-0.1, -0.05) is 36.4 Å². The maximum Gasteiger partial charge on any atom is 0.124 e. The van der Waals surface area contributed by atoms with Crippen LogP contribution in [0.2, 0.25) is 0 Å². The first-order valence-corrected chi connectivity index (χ1v) is 12.1. The van der Waals surface area contributed by atoms with Crippen molar-refractivity contribution in [3.05, 3.63) is 66.0 Å². The maximum atomic E-state index is 4.89. The van der Waals surface area contributed by atoms with Gasteiger partial charge in [-0.25, -0.2) is 4.98 Å². The number of likely N-dealkylation sites (tertiary alicyclic amines) is 2. The summed E-state index contributed by atoms with van der Waals surface area (Å²) in [5, 5.41) is 2.64. The second-order valence-electron chi connectivity index (χ2n) is 9.87. The molecule has 164 valence electrons. The second kappa shape index (κ2) is 8.02. The van der Waals surface area contributed by atoms with Crippen LogP contribution in [-0.4, -0.2) is 53.0 Å². The Hall–Kier alpha value is -2.69. The fourth-order valence-electron chi connectivity index (χ4n) is 5.73. The quantitative estimate of drug-likeness (QED) is 0.451. The molecule has 0 spiro atoms. The normalized spacial score (nSPS) is 22.4. The van der Waals surface area contributed by atoms with E-state index in [1.165, 1.54) is 59.7 Å². The van der Waals surface area contributed by atoms with Crippen molar-refractivity contribution in [2.24, 2.45) is 0 Å². The number of aromatic nitrogens is 2. The van der Waals surface area contributed by atoms with Crippen LogP contribution < -0.4 is 0 Å². The van der Waals surface area contributed by atoms with Crippen LogP contribution >= 0.6 is 0 Å². The molecule has 3 heterocycles. The van der Waals surface area contributed by atoms with Crippen LogP contribution in [0.4, 0.5) is 0 Å². The van der Waals surface area contributed by atoms with Crippen LogP contribution in [0.15, 0.2) is 54.6 Å². The topological polar surface area (TPSA) is 35.2 Å². The number of fused-ring (bicyclic) bond motifs is 2. The van der Waals surface area contributed by atoms with Crippen molar-refractivity contribution in [3.63, 3.8) is 0 Å². The molecule has 1 aromatic heterocycles. The predicted octanol–water partition coefficient (Wildman–Crippen LogP) is 5.79. The third-order valence-corrected chi connectivity index (χ3v) is 7.72. The van der Waals surface area contributed by atoms with Gasteiger partial charge in [0.2, 0.25) is 0 Å². The smallest absolute Gasteiger partial charge is 0.124 e. The van der Waals surface area contributed by atoms with E-state index in [-0.39, 0.29) is 0 Å². The Morgan fingerprint density at radius 2 is 1.59 bits per heavy atom. The molecule has 4 nitrogen and oxygen atoms in total. The third-order valence-electron chi connectivity index (χ3n) is 7.72. The van der Waals surface area contributed by atoms with Crippen LogP contribution in [0.1, 0.15) is 43.1 Å². The number of aromatic amines is 1. The van der Waals surface area contributed by atoms with E-state index >= 15 is 0 Å². The Balaban J connectivity index is 1.28. The number of imidazole rings is 1. The first-order valence-electron chi connectivity index (χ1n) is 12.1. The molecule has 2 saturated heterocycles. The average Bonchev–Trinajstić information content (AvgIpc) is 3.52. The SMILES string of the molecule is CN1CCCC1Cc1ccc2cc(-c3ccc4nc(C5CCCN5C)[nH]c4c3)ccc2c1. The Kier molecular flexibility index (Phi) is 5.00. The number of likely N-dealkylation sites (N-methyl/N-ethyl adjacent to an activating group) is 1.